The Bertz CT molecular complexity index is 1200. The van der Waals surface area contributed by atoms with Crippen LogP contribution in [0.4, 0.5) is 0 Å². The molecular formula is C22H23N5OS. The first-order valence-corrected chi connectivity index (χ1v) is 10.1. The van der Waals surface area contributed by atoms with Crippen LogP contribution in [0.25, 0.3) is 11.3 Å². The average Bonchev–Trinajstić information content (AvgIpc) is 3.37. The van der Waals surface area contributed by atoms with E-state index in [2.05, 4.69) is 37.1 Å². The maximum atomic E-state index is 10.8. The molecule has 4 N–H and O–H groups in total. The van der Waals surface area contributed by atoms with E-state index in [1.54, 1.807) is 6.20 Å². The van der Waals surface area contributed by atoms with E-state index in [4.69, 9.17) is 12.2 Å². The SMILES string of the molecule is Cc1ccc2c(n1)CC(c1c[nH]c(=S)[nH]1)CC2.O=c1[nH]cc(-c2ccccc2)[nH]1. The molecule has 0 radical (unpaired) electrons. The number of aromatic amines is 4. The van der Waals surface area contributed by atoms with Crippen molar-refractivity contribution in [3.05, 3.63) is 92.8 Å². The highest BCUT2D eigenvalue weighted by atomic mass is 32.1. The first kappa shape index (κ1) is 19.1. The van der Waals surface area contributed by atoms with E-state index in [1.807, 2.05) is 43.5 Å². The van der Waals surface area contributed by atoms with Gasteiger partial charge >= 0.3 is 5.69 Å². The topological polar surface area (TPSA) is 93.1 Å². The summed E-state index contributed by atoms with van der Waals surface area (Å²) in [5, 5.41) is 0. The summed E-state index contributed by atoms with van der Waals surface area (Å²) < 4.78 is 0.711. The number of aryl methyl sites for hydroxylation is 2. The second-order valence-corrected chi connectivity index (χ2v) is 7.63. The molecule has 1 aliphatic rings. The maximum absolute atomic E-state index is 10.8. The molecule has 0 amide bonds. The van der Waals surface area contributed by atoms with Crippen LogP contribution in [0.5, 0.6) is 0 Å². The van der Waals surface area contributed by atoms with Crippen molar-refractivity contribution in [1.82, 2.24) is 24.9 Å². The van der Waals surface area contributed by atoms with Gasteiger partial charge in [0.1, 0.15) is 0 Å². The molecule has 3 aromatic heterocycles. The summed E-state index contributed by atoms with van der Waals surface area (Å²) in [5.41, 5.74) is 6.63. The van der Waals surface area contributed by atoms with Crippen molar-refractivity contribution in [2.24, 2.45) is 0 Å². The van der Waals surface area contributed by atoms with Crippen LogP contribution in [0.2, 0.25) is 0 Å². The Morgan fingerprint density at radius 3 is 2.55 bits per heavy atom. The van der Waals surface area contributed by atoms with Gasteiger partial charge in [-0.25, -0.2) is 4.79 Å². The molecule has 0 aliphatic heterocycles. The Kier molecular flexibility index (Phi) is 5.57. The van der Waals surface area contributed by atoms with E-state index < -0.39 is 0 Å². The lowest BCUT2D eigenvalue weighted by Gasteiger charge is -2.23. The second-order valence-electron chi connectivity index (χ2n) is 7.22. The molecule has 1 aliphatic carbocycles. The molecule has 6 nitrogen and oxygen atoms in total. The summed E-state index contributed by atoms with van der Waals surface area (Å²) in [6.07, 6.45) is 6.95. The van der Waals surface area contributed by atoms with Crippen LogP contribution in [0.3, 0.4) is 0 Å². The minimum atomic E-state index is -0.172. The van der Waals surface area contributed by atoms with Gasteiger partial charge in [0.05, 0.1) is 5.69 Å². The number of aromatic nitrogens is 5. The molecule has 0 bridgehead atoms. The molecule has 3 heterocycles. The zero-order chi connectivity index (χ0) is 20.2. The summed E-state index contributed by atoms with van der Waals surface area (Å²) in [4.78, 5) is 26.9. The predicted octanol–water partition coefficient (Wildman–Crippen LogP) is 4.42. The number of imidazole rings is 2. The third-order valence-corrected chi connectivity index (χ3v) is 5.37. The molecule has 7 heteroatoms. The Morgan fingerprint density at radius 2 is 1.86 bits per heavy atom. The van der Waals surface area contributed by atoms with Gasteiger partial charge < -0.3 is 19.9 Å². The zero-order valence-electron chi connectivity index (χ0n) is 16.2. The van der Waals surface area contributed by atoms with Gasteiger partial charge in [-0.05, 0) is 55.6 Å². The lowest BCUT2D eigenvalue weighted by molar-refractivity contribution is 0.561. The molecular weight excluding hydrogens is 382 g/mol. The summed E-state index contributed by atoms with van der Waals surface area (Å²) in [5.74, 6) is 0.518. The minimum Gasteiger partial charge on any atom is -0.337 e. The van der Waals surface area contributed by atoms with Crippen LogP contribution in [0.1, 0.15) is 35.0 Å². The molecule has 29 heavy (non-hydrogen) atoms. The van der Waals surface area contributed by atoms with Crippen molar-refractivity contribution in [1.29, 1.82) is 0 Å². The third kappa shape index (κ3) is 4.63. The lowest BCUT2D eigenvalue weighted by Crippen LogP contribution is -2.15. The van der Waals surface area contributed by atoms with Crippen molar-refractivity contribution >= 4 is 12.2 Å². The Hall–Kier alpha value is -3.19. The fraction of sp³-hybridized carbons (Fsp3) is 0.227. The zero-order valence-corrected chi connectivity index (χ0v) is 17.0. The molecule has 1 atom stereocenters. The van der Waals surface area contributed by atoms with Crippen LogP contribution in [-0.4, -0.2) is 24.9 Å². The molecule has 148 valence electrons. The fourth-order valence-corrected chi connectivity index (χ4v) is 3.82. The largest absolute Gasteiger partial charge is 0.337 e. The summed E-state index contributed by atoms with van der Waals surface area (Å²) in [7, 11) is 0. The summed E-state index contributed by atoms with van der Waals surface area (Å²) in [6, 6.07) is 14.0. The van der Waals surface area contributed by atoms with Crippen molar-refractivity contribution in [3.8, 4) is 11.3 Å². The highest BCUT2D eigenvalue weighted by Gasteiger charge is 2.22. The number of hydrogen-bond donors (Lipinski definition) is 4. The van der Waals surface area contributed by atoms with E-state index >= 15 is 0 Å². The van der Waals surface area contributed by atoms with Crippen molar-refractivity contribution in [2.75, 3.05) is 0 Å². The number of nitrogens with one attached hydrogen (secondary N) is 4. The monoisotopic (exact) mass is 405 g/mol. The first-order chi connectivity index (χ1) is 14.1. The average molecular weight is 406 g/mol. The number of hydrogen-bond acceptors (Lipinski definition) is 3. The predicted molar refractivity (Wildman–Crippen MR) is 117 cm³/mol. The van der Waals surface area contributed by atoms with Crippen molar-refractivity contribution in [2.45, 2.75) is 32.1 Å². The van der Waals surface area contributed by atoms with Gasteiger partial charge in [0.15, 0.2) is 4.77 Å². The normalized spacial score (nSPS) is 15.3. The van der Waals surface area contributed by atoms with Gasteiger partial charge in [0.2, 0.25) is 0 Å². The number of H-pyrrole nitrogens is 4. The Balaban J connectivity index is 0.000000150. The lowest BCUT2D eigenvalue weighted by atomic mass is 9.85. The van der Waals surface area contributed by atoms with Crippen LogP contribution in [0, 0.1) is 11.7 Å². The standard InChI is InChI=1S/C13H15N3S.C9H8N2O/c1-8-2-3-9-4-5-10(6-11(9)15-8)12-7-14-13(17)16-12;12-9-10-6-8(11-9)7-4-2-1-3-5-7/h2-3,7,10H,4-6H2,1H3,(H2,14,16,17);1-6H,(H2,10,11,12). The van der Waals surface area contributed by atoms with Gasteiger partial charge in [-0.2, -0.15) is 0 Å². The van der Waals surface area contributed by atoms with E-state index in [-0.39, 0.29) is 5.69 Å². The van der Waals surface area contributed by atoms with Gasteiger partial charge in [-0.3, -0.25) is 4.98 Å². The number of fused-ring (bicyclic) bond motifs is 1. The first-order valence-electron chi connectivity index (χ1n) is 9.64. The van der Waals surface area contributed by atoms with E-state index in [0.29, 0.717) is 10.7 Å². The quantitative estimate of drug-likeness (QED) is 0.372. The number of benzene rings is 1. The number of pyridine rings is 1. The smallest absolute Gasteiger partial charge is 0.323 e. The molecule has 0 saturated heterocycles. The molecule has 1 aromatic carbocycles. The number of nitrogens with zero attached hydrogens (tertiary/aromatic N) is 1. The minimum absolute atomic E-state index is 0.172. The number of rotatable bonds is 2. The van der Waals surface area contributed by atoms with Crippen LogP contribution in [0.15, 0.2) is 59.7 Å². The van der Waals surface area contributed by atoms with Crippen molar-refractivity contribution in [3.63, 3.8) is 0 Å². The summed E-state index contributed by atoms with van der Waals surface area (Å²) in [6.45, 7) is 2.05. The highest BCUT2D eigenvalue weighted by molar-refractivity contribution is 7.71. The van der Waals surface area contributed by atoms with Gasteiger partial charge in [-0.15, -0.1) is 0 Å². The van der Waals surface area contributed by atoms with E-state index in [0.717, 1.165) is 29.8 Å². The summed E-state index contributed by atoms with van der Waals surface area (Å²) >= 11 is 5.07. The van der Waals surface area contributed by atoms with E-state index in [1.165, 1.54) is 23.4 Å². The Labute approximate surface area is 173 Å². The third-order valence-electron chi connectivity index (χ3n) is 5.15. The molecule has 0 saturated carbocycles. The molecule has 0 spiro atoms. The van der Waals surface area contributed by atoms with Gasteiger partial charge in [-0.1, -0.05) is 36.4 Å². The maximum Gasteiger partial charge on any atom is 0.323 e. The van der Waals surface area contributed by atoms with Gasteiger partial charge in [0, 0.05) is 35.4 Å². The molecule has 0 fully saturated rings. The van der Waals surface area contributed by atoms with Crippen LogP contribution >= 0.6 is 12.2 Å². The van der Waals surface area contributed by atoms with E-state index in [9.17, 15) is 4.79 Å². The molecule has 4 aromatic rings. The van der Waals surface area contributed by atoms with Crippen LogP contribution < -0.4 is 5.69 Å². The molecule has 5 rings (SSSR count). The highest BCUT2D eigenvalue weighted by Crippen LogP contribution is 2.30. The second kappa shape index (κ2) is 8.45. The van der Waals surface area contributed by atoms with Gasteiger partial charge in [0.25, 0.3) is 0 Å². The van der Waals surface area contributed by atoms with Crippen molar-refractivity contribution < 1.29 is 0 Å². The Morgan fingerprint density at radius 1 is 1.03 bits per heavy atom. The fourth-order valence-electron chi connectivity index (χ4n) is 3.65. The van der Waals surface area contributed by atoms with Crippen LogP contribution in [-0.2, 0) is 12.8 Å². The molecule has 1 unspecified atom stereocenters.